The van der Waals surface area contributed by atoms with E-state index in [9.17, 15) is 9.90 Å². The Morgan fingerprint density at radius 1 is 1.60 bits per heavy atom. The minimum Gasteiger partial charge on any atom is -0.497 e. The predicted octanol–water partition coefficient (Wildman–Crippen LogP) is 2.69. The molecular formula is C14H19BrN2O3. The van der Waals surface area contributed by atoms with Gasteiger partial charge in [0.15, 0.2) is 0 Å². The van der Waals surface area contributed by atoms with E-state index < -0.39 is 0 Å². The Morgan fingerprint density at radius 3 is 2.90 bits per heavy atom. The quantitative estimate of drug-likeness (QED) is 0.887. The minimum absolute atomic E-state index is 0.140. The molecule has 1 aliphatic heterocycles. The number of amides is 2. The lowest BCUT2D eigenvalue weighted by atomic mass is 10.0. The lowest BCUT2D eigenvalue weighted by molar-refractivity contribution is 0.130. The summed E-state index contributed by atoms with van der Waals surface area (Å²) in [6.07, 6.45) is 0.468. The average molecular weight is 343 g/mol. The highest BCUT2D eigenvalue weighted by Gasteiger charge is 2.29. The minimum atomic E-state index is -0.375. The first-order chi connectivity index (χ1) is 9.51. The van der Waals surface area contributed by atoms with E-state index in [1.807, 2.05) is 0 Å². The van der Waals surface area contributed by atoms with Gasteiger partial charge in [-0.05, 0) is 47.5 Å². The van der Waals surface area contributed by atoms with Gasteiger partial charge in [0.05, 0.1) is 18.9 Å². The predicted molar refractivity (Wildman–Crippen MR) is 81.1 cm³/mol. The fourth-order valence-corrected chi connectivity index (χ4v) is 2.74. The summed E-state index contributed by atoms with van der Waals surface area (Å²) in [4.78, 5) is 13.9. The van der Waals surface area contributed by atoms with E-state index in [0.29, 0.717) is 18.8 Å². The van der Waals surface area contributed by atoms with Crippen molar-refractivity contribution < 1.29 is 14.6 Å². The van der Waals surface area contributed by atoms with Crippen LogP contribution in [0.1, 0.15) is 13.3 Å². The number of halogens is 1. The third-order valence-electron chi connectivity index (χ3n) is 3.61. The number of anilines is 1. The Kier molecular flexibility index (Phi) is 4.88. The maximum absolute atomic E-state index is 12.2. The van der Waals surface area contributed by atoms with Gasteiger partial charge in [-0.1, -0.05) is 0 Å². The Balaban J connectivity index is 1.98. The first-order valence-electron chi connectivity index (χ1n) is 6.58. The number of hydrogen-bond acceptors (Lipinski definition) is 3. The monoisotopic (exact) mass is 342 g/mol. The highest BCUT2D eigenvalue weighted by molar-refractivity contribution is 9.10. The van der Waals surface area contributed by atoms with Crippen molar-refractivity contribution in [3.8, 4) is 5.75 Å². The first kappa shape index (κ1) is 15.1. The molecule has 0 aliphatic carbocycles. The van der Waals surface area contributed by atoms with Crippen LogP contribution in [-0.4, -0.2) is 42.3 Å². The van der Waals surface area contributed by atoms with Crippen LogP contribution in [0.3, 0.4) is 0 Å². The molecule has 1 fully saturated rings. The van der Waals surface area contributed by atoms with Crippen LogP contribution in [-0.2, 0) is 0 Å². The van der Waals surface area contributed by atoms with Gasteiger partial charge >= 0.3 is 6.03 Å². The van der Waals surface area contributed by atoms with Crippen molar-refractivity contribution in [3.63, 3.8) is 0 Å². The topological polar surface area (TPSA) is 61.8 Å². The van der Waals surface area contributed by atoms with E-state index in [1.165, 1.54) is 0 Å². The highest BCUT2D eigenvalue weighted by Crippen LogP contribution is 2.28. The number of ether oxygens (including phenoxy) is 1. The maximum Gasteiger partial charge on any atom is 0.321 e. The van der Waals surface area contributed by atoms with Crippen molar-refractivity contribution in [2.45, 2.75) is 19.4 Å². The van der Waals surface area contributed by atoms with Crippen LogP contribution in [0.15, 0.2) is 22.7 Å². The van der Waals surface area contributed by atoms with E-state index in [-0.39, 0.29) is 18.1 Å². The Morgan fingerprint density at radius 2 is 2.35 bits per heavy atom. The van der Waals surface area contributed by atoms with Gasteiger partial charge in [0.25, 0.3) is 0 Å². The molecule has 2 amide bonds. The third kappa shape index (κ3) is 3.43. The zero-order valence-corrected chi connectivity index (χ0v) is 13.2. The molecule has 1 aliphatic rings. The van der Waals surface area contributed by atoms with Crippen LogP contribution in [0.4, 0.5) is 10.5 Å². The molecule has 20 heavy (non-hydrogen) atoms. The van der Waals surface area contributed by atoms with E-state index >= 15 is 0 Å². The van der Waals surface area contributed by atoms with Gasteiger partial charge < -0.3 is 20.1 Å². The number of benzene rings is 1. The van der Waals surface area contributed by atoms with Crippen molar-refractivity contribution >= 4 is 27.6 Å². The number of nitrogens with zero attached hydrogens (tertiary/aromatic N) is 1. The van der Waals surface area contributed by atoms with Crippen LogP contribution >= 0.6 is 15.9 Å². The van der Waals surface area contributed by atoms with Crippen molar-refractivity contribution in [1.29, 1.82) is 0 Å². The van der Waals surface area contributed by atoms with Crippen LogP contribution < -0.4 is 10.1 Å². The SMILES string of the molecule is COc1ccc(NC(=O)N2CC[C@H]([C@H](C)O)C2)c(Br)c1. The number of urea groups is 1. The second kappa shape index (κ2) is 6.45. The summed E-state index contributed by atoms with van der Waals surface area (Å²) >= 11 is 3.41. The molecule has 1 saturated heterocycles. The summed E-state index contributed by atoms with van der Waals surface area (Å²) in [5.41, 5.74) is 0.705. The number of hydrogen-bond donors (Lipinski definition) is 2. The van der Waals surface area contributed by atoms with Crippen LogP contribution in [0, 0.1) is 5.92 Å². The van der Waals surface area contributed by atoms with Gasteiger partial charge in [0.1, 0.15) is 5.75 Å². The van der Waals surface area contributed by atoms with Crippen molar-refractivity contribution in [2.24, 2.45) is 5.92 Å². The normalized spacial score (nSPS) is 19.8. The summed E-state index contributed by atoms with van der Waals surface area (Å²) < 4.78 is 5.89. The zero-order valence-electron chi connectivity index (χ0n) is 11.6. The lowest BCUT2D eigenvalue weighted by Gasteiger charge is -2.19. The fourth-order valence-electron chi connectivity index (χ4n) is 2.28. The number of carbonyl (C=O) groups is 1. The Hall–Kier alpha value is -1.27. The molecule has 0 saturated carbocycles. The Bertz CT molecular complexity index is 493. The molecule has 0 bridgehead atoms. The number of likely N-dealkylation sites (tertiary alicyclic amines) is 1. The molecule has 0 spiro atoms. The number of rotatable bonds is 3. The molecule has 110 valence electrons. The number of aliphatic hydroxyl groups excluding tert-OH is 1. The van der Waals surface area contributed by atoms with Gasteiger partial charge in [0, 0.05) is 23.5 Å². The number of aliphatic hydroxyl groups is 1. The molecule has 1 aromatic carbocycles. The van der Waals surface area contributed by atoms with Crippen molar-refractivity contribution in [3.05, 3.63) is 22.7 Å². The molecule has 6 heteroatoms. The van der Waals surface area contributed by atoms with Crippen molar-refractivity contribution in [1.82, 2.24) is 4.90 Å². The molecule has 1 aromatic rings. The summed E-state index contributed by atoms with van der Waals surface area (Å²) in [6, 6.07) is 5.25. The summed E-state index contributed by atoms with van der Waals surface area (Å²) in [7, 11) is 1.60. The lowest BCUT2D eigenvalue weighted by Crippen LogP contribution is -2.34. The molecule has 0 unspecified atom stereocenters. The second-order valence-electron chi connectivity index (χ2n) is 5.01. The van der Waals surface area contributed by atoms with Gasteiger partial charge in [0.2, 0.25) is 0 Å². The molecule has 5 nitrogen and oxygen atoms in total. The van der Waals surface area contributed by atoms with Gasteiger partial charge in [-0.25, -0.2) is 4.79 Å². The van der Waals surface area contributed by atoms with E-state index in [2.05, 4.69) is 21.2 Å². The molecule has 1 heterocycles. The smallest absolute Gasteiger partial charge is 0.321 e. The summed E-state index contributed by atoms with van der Waals surface area (Å²) in [5.74, 6) is 0.894. The van der Waals surface area contributed by atoms with Crippen LogP contribution in [0.2, 0.25) is 0 Å². The largest absolute Gasteiger partial charge is 0.497 e. The van der Waals surface area contributed by atoms with Crippen molar-refractivity contribution in [2.75, 3.05) is 25.5 Å². The molecule has 0 radical (unpaired) electrons. The summed E-state index contributed by atoms with van der Waals surface area (Å²) in [6.45, 7) is 3.04. The van der Waals surface area contributed by atoms with Crippen LogP contribution in [0.5, 0.6) is 5.75 Å². The Labute approximate surface area is 127 Å². The van der Waals surface area contributed by atoms with Crippen LogP contribution in [0.25, 0.3) is 0 Å². The highest BCUT2D eigenvalue weighted by atomic mass is 79.9. The van der Waals surface area contributed by atoms with Gasteiger partial charge in [-0.3, -0.25) is 0 Å². The molecule has 0 aromatic heterocycles. The van der Waals surface area contributed by atoms with E-state index in [0.717, 1.165) is 16.6 Å². The third-order valence-corrected chi connectivity index (χ3v) is 4.27. The maximum atomic E-state index is 12.2. The number of methoxy groups -OCH3 is 1. The first-order valence-corrected chi connectivity index (χ1v) is 7.38. The molecular weight excluding hydrogens is 324 g/mol. The number of carbonyl (C=O) groups excluding carboxylic acids is 1. The van der Waals surface area contributed by atoms with Gasteiger partial charge in [-0.2, -0.15) is 0 Å². The average Bonchev–Trinajstić information content (AvgIpc) is 2.91. The zero-order chi connectivity index (χ0) is 14.7. The fraction of sp³-hybridized carbons (Fsp3) is 0.500. The molecule has 2 atom stereocenters. The molecule has 2 N–H and O–H groups in total. The van der Waals surface area contributed by atoms with Gasteiger partial charge in [-0.15, -0.1) is 0 Å². The standard InChI is InChI=1S/C14H19BrN2O3/c1-9(18)10-5-6-17(8-10)14(19)16-13-4-3-11(20-2)7-12(13)15/h3-4,7,9-10,18H,5-6,8H2,1-2H3,(H,16,19)/t9-,10-/m0/s1. The summed E-state index contributed by atoms with van der Waals surface area (Å²) in [5, 5.41) is 12.4. The van der Waals surface area contributed by atoms with E-state index in [1.54, 1.807) is 37.1 Å². The number of nitrogens with one attached hydrogen (secondary N) is 1. The van der Waals surface area contributed by atoms with E-state index in [4.69, 9.17) is 4.74 Å². The molecule has 2 rings (SSSR count). The second-order valence-corrected chi connectivity index (χ2v) is 5.87.